The first-order chi connectivity index (χ1) is 22.8. The molecule has 47 heavy (non-hydrogen) atoms. The second-order valence-electron chi connectivity index (χ2n) is 12.5. The third kappa shape index (κ3) is 6.07. The van der Waals surface area contributed by atoms with Crippen LogP contribution in [0.15, 0.2) is 46.9 Å². The van der Waals surface area contributed by atoms with Crippen LogP contribution in [0.3, 0.4) is 0 Å². The number of halogens is 1. The Morgan fingerprint density at radius 3 is 2.77 bits per heavy atom. The van der Waals surface area contributed by atoms with Crippen molar-refractivity contribution < 1.29 is 29.0 Å². The number of benzene rings is 2. The van der Waals surface area contributed by atoms with E-state index in [0.29, 0.717) is 104 Å². The maximum Gasteiger partial charge on any atom is 0.326 e. The predicted molar refractivity (Wildman–Crippen MR) is 177 cm³/mol. The zero-order chi connectivity index (χ0) is 32.7. The van der Waals surface area contributed by atoms with Gasteiger partial charge in [-0.15, -0.1) is 0 Å². The molecule has 12 nitrogen and oxygen atoms in total. The number of hydrogen-bond acceptors (Lipinski definition) is 9. The molecule has 13 heteroatoms. The molecule has 5 aromatic rings. The highest BCUT2D eigenvalue weighted by molar-refractivity contribution is 6.31. The number of imidazole rings is 1. The normalized spacial score (nSPS) is 20.2. The van der Waals surface area contributed by atoms with E-state index in [1.165, 1.54) is 0 Å². The quantitative estimate of drug-likeness (QED) is 0.182. The van der Waals surface area contributed by atoms with Gasteiger partial charge in [0.1, 0.15) is 23.0 Å². The molecule has 2 N–H and O–H groups in total. The first kappa shape index (κ1) is 31.2. The first-order valence-corrected chi connectivity index (χ1v) is 16.6. The summed E-state index contributed by atoms with van der Waals surface area (Å²) < 4.78 is 13.9. The van der Waals surface area contributed by atoms with E-state index in [9.17, 15) is 19.8 Å². The largest absolute Gasteiger partial charge is 0.480 e. The number of furan rings is 1. The Balaban J connectivity index is 0.932. The molecule has 2 saturated heterocycles. The number of rotatable bonds is 10. The Kier molecular flexibility index (Phi) is 8.63. The second-order valence-corrected chi connectivity index (χ2v) is 12.9. The van der Waals surface area contributed by atoms with E-state index in [-0.39, 0.29) is 23.9 Å². The molecule has 3 aromatic heterocycles. The van der Waals surface area contributed by atoms with Gasteiger partial charge in [0.15, 0.2) is 11.4 Å². The van der Waals surface area contributed by atoms with Gasteiger partial charge < -0.3 is 29.2 Å². The molecule has 1 amide bonds. The van der Waals surface area contributed by atoms with Crippen molar-refractivity contribution in [2.45, 2.75) is 57.5 Å². The maximum atomic E-state index is 13.1. The van der Waals surface area contributed by atoms with E-state index < -0.39 is 12.0 Å². The van der Waals surface area contributed by atoms with Crippen LogP contribution < -0.4 is 4.90 Å². The number of piperidine rings is 1. The zero-order valence-corrected chi connectivity index (χ0v) is 26.9. The van der Waals surface area contributed by atoms with E-state index in [4.69, 9.17) is 30.7 Å². The summed E-state index contributed by atoms with van der Waals surface area (Å²) in [7, 11) is 0. The fourth-order valence-corrected chi connectivity index (χ4v) is 7.25. The molecule has 0 aliphatic carbocycles. The molecule has 5 heterocycles. The van der Waals surface area contributed by atoms with Crippen molar-refractivity contribution >= 4 is 62.4 Å². The first-order valence-electron chi connectivity index (χ1n) is 16.2. The number of fused-ring (bicyclic) bond motifs is 4. The molecule has 246 valence electrons. The predicted octanol–water partition coefficient (Wildman–Crippen LogP) is 5.59. The number of likely N-dealkylation sites (tertiary alicyclic amines) is 1. The number of carboxylic acids is 1. The van der Waals surface area contributed by atoms with Crippen molar-refractivity contribution in [2.24, 2.45) is 5.92 Å². The standard InChI is InChI=1S/C34H37ClN6O6/c1-20-19-39(15-12-24(20)41-25-11-10-21(35)18-23(25)36-34(41)45)29(42)9-5-16-46-17-13-28-37-30-22-6-2-3-8-27(22)47-31(30)32(38-28)40-14-4-7-26(40)33(43)44/h2-3,6,8,10-11,18,20,24,26H,4-5,7,9,12-17,19H2,1H3,(H,36,45)(H,43,44)/t20-,24-,26-/m0/s1. The average molecular weight is 661 g/mol. The monoisotopic (exact) mass is 660 g/mol. The van der Waals surface area contributed by atoms with Gasteiger partial charge in [0, 0.05) is 55.5 Å². The number of hydrogen-bond donors (Lipinski definition) is 2. The summed E-state index contributed by atoms with van der Waals surface area (Å²) in [5.74, 6) is 0.414. The number of carbonyl (C=O) groups excluding carboxylic acids is 1. The molecule has 2 aliphatic heterocycles. The number of para-hydroxylation sites is 1. The number of carbonyl (C=O) groups is 2. The zero-order valence-electron chi connectivity index (χ0n) is 26.1. The lowest BCUT2D eigenvalue weighted by atomic mass is 9.93. The molecule has 0 bridgehead atoms. The maximum absolute atomic E-state index is 13.1. The summed E-state index contributed by atoms with van der Waals surface area (Å²) in [4.78, 5) is 42.6. The minimum absolute atomic E-state index is 0.0241. The average Bonchev–Trinajstić information content (AvgIpc) is 3.77. The van der Waals surface area contributed by atoms with Crippen LogP contribution in [-0.2, 0) is 20.7 Å². The van der Waals surface area contributed by atoms with E-state index in [2.05, 4.69) is 11.9 Å². The molecular weight excluding hydrogens is 624 g/mol. The highest BCUT2D eigenvalue weighted by atomic mass is 35.5. The van der Waals surface area contributed by atoms with E-state index in [1.54, 1.807) is 12.1 Å². The van der Waals surface area contributed by atoms with Crippen LogP contribution in [0, 0.1) is 5.92 Å². The van der Waals surface area contributed by atoms with Gasteiger partial charge in [-0.05, 0) is 61.9 Å². The minimum Gasteiger partial charge on any atom is -0.480 e. The Labute approximate surface area is 275 Å². The number of amides is 1. The summed E-state index contributed by atoms with van der Waals surface area (Å²) in [5, 5.41) is 21.8. The van der Waals surface area contributed by atoms with Gasteiger partial charge >= 0.3 is 5.97 Å². The summed E-state index contributed by atoms with van der Waals surface area (Å²) in [6.45, 7) is 4.67. The summed E-state index contributed by atoms with van der Waals surface area (Å²) in [6.07, 6.45) is 3.44. The van der Waals surface area contributed by atoms with Gasteiger partial charge in [-0.1, -0.05) is 30.7 Å². The third-order valence-electron chi connectivity index (χ3n) is 9.38. The Bertz CT molecular complexity index is 1960. The van der Waals surface area contributed by atoms with E-state index >= 15 is 0 Å². The fraction of sp³-hybridized carbons (Fsp3) is 0.441. The highest BCUT2D eigenvalue weighted by Gasteiger charge is 2.35. The van der Waals surface area contributed by atoms with Crippen molar-refractivity contribution in [1.29, 1.82) is 0 Å². The minimum atomic E-state index is -0.875. The highest BCUT2D eigenvalue weighted by Crippen LogP contribution is 2.37. The van der Waals surface area contributed by atoms with Crippen LogP contribution in [0.1, 0.15) is 50.9 Å². The summed E-state index contributed by atoms with van der Waals surface area (Å²) >= 11 is 6.11. The molecule has 0 saturated carbocycles. The van der Waals surface area contributed by atoms with Gasteiger partial charge in [-0.3, -0.25) is 9.36 Å². The van der Waals surface area contributed by atoms with Crippen LogP contribution in [0.25, 0.3) is 33.1 Å². The van der Waals surface area contributed by atoms with Crippen LogP contribution in [0.5, 0.6) is 6.01 Å². The van der Waals surface area contributed by atoms with Gasteiger partial charge in [0.25, 0.3) is 6.01 Å². The van der Waals surface area contributed by atoms with Gasteiger partial charge in [-0.25, -0.2) is 14.8 Å². The van der Waals surface area contributed by atoms with Crippen molar-refractivity contribution in [3.05, 3.63) is 53.3 Å². The number of aromatic nitrogens is 4. The molecule has 2 aliphatic rings. The van der Waals surface area contributed by atoms with Crippen LogP contribution in [-0.4, -0.2) is 85.4 Å². The number of aliphatic carboxylic acids is 1. The fourth-order valence-electron chi connectivity index (χ4n) is 7.08. The molecular formula is C34H37ClN6O6. The number of carboxylic acid groups (broad SMARTS) is 1. The van der Waals surface area contributed by atoms with Crippen LogP contribution in [0.4, 0.5) is 5.82 Å². The number of aromatic hydroxyl groups is 1. The molecule has 0 spiro atoms. The van der Waals surface area contributed by atoms with E-state index in [0.717, 1.165) is 17.3 Å². The van der Waals surface area contributed by atoms with Gasteiger partial charge in [0.2, 0.25) is 5.91 Å². The lowest BCUT2D eigenvalue weighted by Crippen LogP contribution is -2.43. The Morgan fingerprint density at radius 1 is 1.09 bits per heavy atom. The molecule has 0 unspecified atom stereocenters. The molecule has 2 aromatic carbocycles. The molecule has 7 rings (SSSR count). The van der Waals surface area contributed by atoms with Crippen molar-refractivity contribution in [1.82, 2.24) is 24.4 Å². The lowest BCUT2D eigenvalue weighted by Gasteiger charge is -2.38. The van der Waals surface area contributed by atoms with Crippen molar-refractivity contribution in [3.8, 4) is 6.01 Å². The SMILES string of the molecule is C[C@H]1CN(C(=O)CCCOCCc2nc(N3CCC[C@H]3C(=O)O)c3oc4ccccc4c3n2)CC[C@@H]1n1c(O)nc2cc(Cl)ccc21. The smallest absolute Gasteiger partial charge is 0.326 e. The molecule has 3 atom stereocenters. The molecule has 0 radical (unpaired) electrons. The number of nitrogens with zero attached hydrogens (tertiary/aromatic N) is 6. The van der Waals surface area contributed by atoms with Crippen molar-refractivity contribution in [3.63, 3.8) is 0 Å². The topological polar surface area (TPSA) is 147 Å². The lowest BCUT2D eigenvalue weighted by molar-refractivity contribution is -0.138. The Morgan fingerprint density at radius 2 is 1.94 bits per heavy atom. The van der Waals surface area contributed by atoms with E-state index in [1.807, 2.05) is 44.7 Å². The van der Waals surface area contributed by atoms with Gasteiger partial charge in [-0.2, -0.15) is 4.98 Å². The van der Waals surface area contributed by atoms with Crippen LogP contribution >= 0.6 is 11.6 Å². The van der Waals surface area contributed by atoms with Crippen LogP contribution in [0.2, 0.25) is 5.02 Å². The third-order valence-corrected chi connectivity index (χ3v) is 9.62. The second kappa shape index (κ2) is 13.0. The summed E-state index contributed by atoms with van der Waals surface area (Å²) in [5.41, 5.74) is 3.34. The number of anilines is 1. The van der Waals surface area contributed by atoms with Gasteiger partial charge in [0.05, 0.1) is 17.6 Å². The Hall–Kier alpha value is -4.42. The number of ether oxygens (including phenoxy) is 1. The summed E-state index contributed by atoms with van der Waals surface area (Å²) in [6, 6.07) is 12.4. The van der Waals surface area contributed by atoms with Crippen molar-refractivity contribution in [2.75, 3.05) is 37.7 Å². The molecule has 2 fully saturated rings.